The van der Waals surface area contributed by atoms with Crippen molar-refractivity contribution < 1.29 is 14.1 Å². The van der Waals surface area contributed by atoms with Crippen molar-refractivity contribution in [2.45, 2.75) is 25.8 Å². The third-order valence-corrected chi connectivity index (χ3v) is 4.94. The van der Waals surface area contributed by atoms with Crippen molar-refractivity contribution in [3.63, 3.8) is 0 Å². The van der Waals surface area contributed by atoms with Crippen LogP contribution in [0.3, 0.4) is 0 Å². The maximum Gasteiger partial charge on any atom is 0.226 e. The second-order valence-electron chi connectivity index (χ2n) is 6.11. The molecular weight excluding hydrogens is 328 g/mol. The fourth-order valence-corrected chi connectivity index (χ4v) is 3.73. The number of carbonyl (C=O) groups is 1. The highest BCUT2D eigenvalue weighted by Crippen LogP contribution is 2.20. The largest absolute Gasteiger partial charge is 0.379 e. The van der Waals surface area contributed by atoms with Crippen LogP contribution >= 0.6 is 11.3 Å². The fourth-order valence-electron chi connectivity index (χ4n) is 3.01. The number of nitrogens with zero attached hydrogens (tertiary/aromatic N) is 3. The van der Waals surface area contributed by atoms with E-state index in [1.54, 1.807) is 11.3 Å². The van der Waals surface area contributed by atoms with Gasteiger partial charge in [-0.25, -0.2) is 4.98 Å². The Labute approximate surface area is 142 Å². The van der Waals surface area contributed by atoms with Crippen molar-refractivity contribution in [1.82, 2.24) is 19.9 Å². The van der Waals surface area contributed by atoms with Crippen LogP contribution in [0.2, 0.25) is 0 Å². The number of aromatic nitrogens is 3. The SMILES string of the molecule is Cc1cc(CC2COCC2NC(=O)Cc2cn3ccsc3n2)on1. The third kappa shape index (κ3) is 3.20. The normalized spacial score (nSPS) is 20.7. The van der Waals surface area contributed by atoms with Gasteiger partial charge >= 0.3 is 0 Å². The van der Waals surface area contributed by atoms with Crippen LogP contribution in [0.15, 0.2) is 28.4 Å². The second-order valence-corrected chi connectivity index (χ2v) is 6.99. The van der Waals surface area contributed by atoms with Crippen LogP contribution in [0.25, 0.3) is 4.96 Å². The summed E-state index contributed by atoms with van der Waals surface area (Å²) < 4.78 is 12.7. The van der Waals surface area contributed by atoms with Gasteiger partial charge < -0.3 is 14.6 Å². The summed E-state index contributed by atoms with van der Waals surface area (Å²) in [5.74, 6) is 0.999. The summed E-state index contributed by atoms with van der Waals surface area (Å²) in [6, 6.07) is 1.92. The standard InChI is InChI=1S/C16H18N4O3S/c1-10-4-13(23-19-10)5-11-8-22-9-14(11)18-15(21)6-12-7-20-2-3-24-16(20)17-12/h2-4,7,11,14H,5-6,8-9H2,1H3,(H,18,21). The van der Waals surface area contributed by atoms with Gasteiger partial charge in [0.05, 0.1) is 37.1 Å². The average molecular weight is 346 g/mol. The summed E-state index contributed by atoms with van der Waals surface area (Å²) in [4.78, 5) is 17.7. The zero-order valence-corrected chi connectivity index (χ0v) is 14.1. The zero-order valence-electron chi connectivity index (χ0n) is 13.3. The van der Waals surface area contributed by atoms with Crippen molar-refractivity contribution in [2.75, 3.05) is 13.2 Å². The maximum atomic E-state index is 12.3. The second kappa shape index (κ2) is 6.37. The van der Waals surface area contributed by atoms with Crippen LogP contribution < -0.4 is 5.32 Å². The van der Waals surface area contributed by atoms with E-state index in [1.807, 2.05) is 35.2 Å². The van der Waals surface area contributed by atoms with Crippen LogP contribution in [0.5, 0.6) is 0 Å². The minimum atomic E-state index is -0.0324. The van der Waals surface area contributed by atoms with E-state index in [9.17, 15) is 4.79 Å². The van der Waals surface area contributed by atoms with Crippen molar-refractivity contribution >= 4 is 22.2 Å². The van der Waals surface area contributed by atoms with E-state index < -0.39 is 0 Å². The lowest BCUT2D eigenvalue weighted by atomic mass is 9.98. The lowest BCUT2D eigenvalue weighted by Crippen LogP contribution is -2.41. The summed E-state index contributed by atoms with van der Waals surface area (Å²) in [6.07, 6.45) is 4.82. The fraction of sp³-hybridized carbons (Fsp3) is 0.438. The predicted molar refractivity (Wildman–Crippen MR) is 88.0 cm³/mol. The summed E-state index contributed by atoms with van der Waals surface area (Å²) >= 11 is 1.56. The Balaban J connectivity index is 1.36. The first-order valence-corrected chi connectivity index (χ1v) is 8.76. The maximum absolute atomic E-state index is 12.3. The molecule has 3 aromatic rings. The molecule has 1 saturated heterocycles. The number of nitrogens with one attached hydrogen (secondary N) is 1. The Bertz CT molecular complexity index is 824. The highest BCUT2D eigenvalue weighted by Gasteiger charge is 2.30. The van der Waals surface area contributed by atoms with E-state index in [1.165, 1.54) is 0 Å². The van der Waals surface area contributed by atoms with Crippen molar-refractivity contribution in [3.8, 4) is 0 Å². The molecule has 8 heteroatoms. The molecule has 2 unspecified atom stereocenters. The molecule has 0 bridgehead atoms. The molecular formula is C16H18N4O3S. The molecule has 1 fully saturated rings. The Morgan fingerprint density at radius 1 is 1.50 bits per heavy atom. The molecule has 1 amide bonds. The summed E-state index contributed by atoms with van der Waals surface area (Å²) in [6.45, 7) is 3.04. The van der Waals surface area contributed by atoms with E-state index >= 15 is 0 Å². The molecule has 126 valence electrons. The van der Waals surface area contributed by atoms with Crippen LogP contribution in [0.1, 0.15) is 17.1 Å². The lowest BCUT2D eigenvalue weighted by molar-refractivity contribution is -0.121. The van der Waals surface area contributed by atoms with Gasteiger partial charge in [-0.2, -0.15) is 0 Å². The number of rotatable bonds is 5. The van der Waals surface area contributed by atoms with Gasteiger partial charge in [0.25, 0.3) is 0 Å². The summed E-state index contributed by atoms with van der Waals surface area (Å²) in [7, 11) is 0. The van der Waals surface area contributed by atoms with Gasteiger partial charge in [0, 0.05) is 36.2 Å². The zero-order chi connectivity index (χ0) is 16.5. The molecule has 0 saturated carbocycles. The first kappa shape index (κ1) is 15.3. The summed E-state index contributed by atoms with van der Waals surface area (Å²) in [5.41, 5.74) is 1.64. The van der Waals surface area contributed by atoms with Crippen molar-refractivity contribution in [1.29, 1.82) is 0 Å². The number of hydrogen-bond donors (Lipinski definition) is 1. The molecule has 1 aliphatic rings. The van der Waals surface area contributed by atoms with E-state index in [0.29, 0.717) is 19.6 Å². The van der Waals surface area contributed by atoms with Crippen LogP contribution in [0, 0.1) is 12.8 Å². The average Bonchev–Trinajstić information content (AvgIpc) is 3.26. The van der Waals surface area contributed by atoms with Gasteiger partial charge in [-0.15, -0.1) is 11.3 Å². The Morgan fingerprint density at radius 2 is 2.42 bits per heavy atom. The Hall–Kier alpha value is -2.19. The Morgan fingerprint density at radius 3 is 3.21 bits per heavy atom. The predicted octanol–water partition coefficient (Wildman–Crippen LogP) is 1.61. The molecule has 4 heterocycles. The van der Waals surface area contributed by atoms with Gasteiger partial charge in [-0.1, -0.05) is 5.16 Å². The quantitative estimate of drug-likeness (QED) is 0.759. The lowest BCUT2D eigenvalue weighted by Gasteiger charge is -2.17. The topological polar surface area (TPSA) is 81.7 Å². The van der Waals surface area contributed by atoms with Crippen LogP contribution in [0.4, 0.5) is 0 Å². The minimum absolute atomic E-state index is 0.00774. The number of hydrogen-bond acceptors (Lipinski definition) is 6. The minimum Gasteiger partial charge on any atom is -0.379 e. The van der Waals surface area contributed by atoms with Gasteiger partial charge in [-0.05, 0) is 6.92 Å². The molecule has 24 heavy (non-hydrogen) atoms. The smallest absolute Gasteiger partial charge is 0.226 e. The molecule has 0 radical (unpaired) electrons. The number of amides is 1. The van der Waals surface area contributed by atoms with E-state index in [2.05, 4.69) is 15.5 Å². The van der Waals surface area contributed by atoms with Gasteiger partial charge in [0.2, 0.25) is 5.91 Å². The number of ether oxygens (including phenoxy) is 1. The van der Waals surface area contributed by atoms with E-state index in [4.69, 9.17) is 9.26 Å². The molecule has 7 nitrogen and oxygen atoms in total. The number of carbonyl (C=O) groups excluding carboxylic acids is 1. The Kier molecular flexibility index (Phi) is 4.07. The van der Waals surface area contributed by atoms with Crippen LogP contribution in [-0.2, 0) is 22.4 Å². The molecule has 0 aromatic carbocycles. The van der Waals surface area contributed by atoms with Crippen LogP contribution in [-0.4, -0.2) is 39.7 Å². The van der Waals surface area contributed by atoms with Gasteiger partial charge in [-0.3, -0.25) is 9.20 Å². The number of aryl methyl sites for hydroxylation is 1. The van der Waals surface area contributed by atoms with Gasteiger partial charge in [0.15, 0.2) is 4.96 Å². The monoisotopic (exact) mass is 346 g/mol. The van der Waals surface area contributed by atoms with Crippen molar-refractivity contribution in [3.05, 3.63) is 41.0 Å². The molecule has 4 rings (SSSR count). The molecule has 0 aliphatic carbocycles. The first-order chi connectivity index (χ1) is 11.7. The highest BCUT2D eigenvalue weighted by molar-refractivity contribution is 7.15. The molecule has 1 N–H and O–H groups in total. The number of fused-ring (bicyclic) bond motifs is 1. The van der Waals surface area contributed by atoms with Gasteiger partial charge in [0.1, 0.15) is 5.76 Å². The molecule has 2 atom stereocenters. The highest BCUT2D eigenvalue weighted by atomic mass is 32.1. The van der Waals surface area contributed by atoms with Crippen molar-refractivity contribution in [2.24, 2.45) is 5.92 Å². The first-order valence-electron chi connectivity index (χ1n) is 7.88. The number of imidazole rings is 1. The molecule has 1 aliphatic heterocycles. The summed E-state index contributed by atoms with van der Waals surface area (Å²) in [5, 5.41) is 8.94. The van der Waals surface area contributed by atoms with E-state index in [-0.39, 0.29) is 24.3 Å². The van der Waals surface area contributed by atoms with E-state index in [0.717, 1.165) is 22.1 Å². The number of thiazole rings is 1. The molecule has 0 spiro atoms. The third-order valence-electron chi connectivity index (χ3n) is 4.17. The molecule has 3 aromatic heterocycles.